The lowest BCUT2D eigenvalue weighted by Gasteiger charge is -2.44. The van der Waals surface area contributed by atoms with E-state index in [-0.39, 0.29) is 5.97 Å². The van der Waals surface area contributed by atoms with Gasteiger partial charge in [-0.2, -0.15) is 0 Å². The standard InChI is InChI=1S/C16H23N3O2/c1-11-9-18-7-3-4-13(18)10-19(11)15-6-5-12(17)8-14(15)16(20)21-2/h5-6,8,11,13H,3-4,7,9-10,17H2,1-2H3. The Kier molecular flexibility index (Phi) is 3.76. The summed E-state index contributed by atoms with van der Waals surface area (Å²) in [5, 5.41) is 0. The van der Waals surface area contributed by atoms with E-state index < -0.39 is 0 Å². The van der Waals surface area contributed by atoms with Gasteiger partial charge in [0.15, 0.2) is 0 Å². The average Bonchev–Trinajstić information content (AvgIpc) is 2.92. The van der Waals surface area contributed by atoms with Gasteiger partial charge < -0.3 is 15.4 Å². The predicted molar refractivity (Wildman–Crippen MR) is 83.6 cm³/mol. The quantitative estimate of drug-likeness (QED) is 0.664. The van der Waals surface area contributed by atoms with E-state index in [4.69, 9.17) is 10.5 Å². The Hall–Kier alpha value is -1.75. The molecule has 0 radical (unpaired) electrons. The number of benzene rings is 1. The number of nitrogens with two attached hydrogens (primary N) is 1. The van der Waals surface area contributed by atoms with Gasteiger partial charge in [0, 0.05) is 30.9 Å². The molecule has 2 aliphatic rings. The summed E-state index contributed by atoms with van der Waals surface area (Å²) in [7, 11) is 1.41. The maximum Gasteiger partial charge on any atom is 0.340 e. The van der Waals surface area contributed by atoms with Gasteiger partial charge in [-0.15, -0.1) is 0 Å². The number of carbonyl (C=O) groups excluding carboxylic acids is 1. The Morgan fingerprint density at radius 1 is 1.38 bits per heavy atom. The van der Waals surface area contributed by atoms with Crippen molar-refractivity contribution in [3.63, 3.8) is 0 Å². The van der Waals surface area contributed by atoms with Crippen molar-refractivity contribution in [3.05, 3.63) is 23.8 Å². The molecule has 0 aliphatic carbocycles. The van der Waals surface area contributed by atoms with Crippen LogP contribution in [0.4, 0.5) is 11.4 Å². The zero-order valence-corrected chi connectivity index (χ0v) is 12.7. The molecule has 0 saturated carbocycles. The number of nitrogens with zero attached hydrogens (tertiary/aromatic N) is 2. The number of nitrogen functional groups attached to an aromatic ring is 1. The minimum absolute atomic E-state index is 0.321. The first-order valence-electron chi connectivity index (χ1n) is 7.58. The number of methoxy groups -OCH3 is 1. The Morgan fingerprint density at radius 3 is 2.95 bits per heavy atom. The van der Waals surface area contributed by atoms with Gasteiger partial charge in [-0.05, 0) is 44.5 Å². The van der Waals surface area contributed by atoms with Crippen molar-refractivity contribution >= 4 is 17.3 Å². The molecule has 5 nitrogen and oxygen atoms in total. The van der Waals surface area contributed by atoms with Crippen molar-refractivity contribution in [1.82, 2.24) is 4.90 Å². The molecule has 2 saturated heterocycles. The van der Waals surface area contributed by atoms with E-state index in [0.29, 0.717) is 23.3 Å². The molecule has 2 heterocycles. The number of esters is 1. The normalized spacial score (nSPS) is 25.7. The fourth-order valence-corrected chi connectivity index (χ4v) is 3.60. The van der Waals surface area contributed by atoms with Crippen molar-refractivity contribution in [2.24, 2.45) is 0 Å². The molecule has 2 atom stereocenters. The fraction of sp³-hybridized carbons (Fsp3) is 0.562. The lowest BCUT2D eigenvalue weighted by Crippen LogP contribution is -2.55. The number of anilines is 2. The van der Waals surface area contributed by atoms with Crippen molar-refractivity contribution < 1.29 is 9.53 Å². The summed E-state index contributed by atoms with van der Waals surface area (Å²) in [6.45, 7) is 5.44. The van der Waals surface area contributed by atoms with Gasteiger partial charge in [0.05, 0.1) is 18.4 Å². The van der Waals surface area contributed by atoms with Gasteiger partial charge >= 0.3 is 5.97 Å². The molecule has 0 bridgehead atoms. The van der Waals surface area contributed by atoms with Crippen LogP contribution in [0.5, 0.6) is 0 Å². The zero-order valence-electron chi connectivity index (χ0n) is 12.7. The van der Waals surface area contributed by atoms with Gasteiger partial charge in [-0.1, -0.05) is 0 Å². The molecule has 1 aromatic rings. The molecule has 2 aliphatic heterocycles. The third-order valence-electron chi connectivity index (χ3n) is 4.67. The maximum atomic E-state index is 12.0. The van der Waals surface area contributed by atoms with Crippen LogP contribution in [0.3, 0.4) is 0 Å². The molecule has 5 heteroatoms. The zero-order chi connectivity index (χ0) is 15.0. The van der Waals surface area contributed by atoms with E-state index in [9.17, 15) is 4.79 Å². The maximum absolute atomic E-state index is 12.0. The molecule has 2 unspecified atom stereocenters. The van der Waals surface area contributed by atoms with Crippen LogP contribution in [0.15, 0.2) is 18.2 Å². The second-order valence-corrected chi connectivity index (χ2v) is 6.06. The highest BCUT2D eigenvalue weighted by molar-refractivity contribution is 5.97. The number of hydrogen-bond donors (Lipinski definition) is 1. The lowest BCUT2D eigenvalue weighted by molar-refractivity contribution is 0.0601. The van der Waals surface area contributed by atoms with Gasteiger partial charge in [-0.3, -0.25) is 4.90 Å². The third-order valence-corrected chi connectivity index (χ3v) is 4.67. The van der Waals surface area contributed by atoms with Gasteiger partial charge in [-0.25, -0.2) is 4.79 Å². The minimum atomic E-state index is -0.321. The Balaban J connectivity index is 1.93. The number of fused-ring (bicyclic) bond motifs is 1. The molecule has 114 valence electrons. The largest absolute Gasteiger partial charge is 0.465 e. The summed E-state index contributed by atoms with van der Waals surface area (Å²) < 4.78 is 4.91. The predicted octanol–water partition coefficient (Wildman–Crippen LogP) is 1.73. The van der Waals surface area contributed by atoms with Crippen molar-refractivity contribution in [2.45, 2.75) is 31.8 Å². The second-order valence-electron chi connectivity index (χ2n) is 6.06. The Labute approximate surface area is 125 Å². The number of rotatable bonds is 2. The number of piperazine rings is 1. The molecular weight excluding hydrogens is 266 g/mol. The van der Waals surface area contributed by atoms with Crippen LogP contribution < -0.4 is 10.6 Å². The first kappa shape index (κ1) is 14.2. The summed E-state index contributed by atoms with van der Waals surface area (Å²) in [4.78, 5) is 16.9. The SMILES string of the molecule is COC(=O)c1cc(N)ccc1N1CC2CCCN2CC1C. The van der Waals surface area contributed by atoms with Crippen LogP contribution >= 0.6 is 0 Å². The van der Waals surface area contributed by atoms with Crippen LogP contribution in [0, 0.1) is 0 Å². The van der Waals surface area contributed by atoms with Gasteiger partial charge in [0.25, 0.3) is 0 Å². The van der Waals surface area contributed by atoms with Crippen LogP contribution in [-0.2, 0) is 4.74 Å². The summed E-state index contributed by atoms with van der Waals surface area (Å²) in [6.07, 6.45) is 2.52. The highest BCUT2D eigenvalue weighted by Crippen LogP contribution is 2.32. The Morgan fingerprint density at radius 2 is 2.19 bits per heavy atom. The molecule has 0 amide bonds. The van der Waals surface area contributed by atoms with Crippen molar-refractivity contribution in [1.29, 1.82) is 0 Å². The number of carbonyl (C=O) groups is 1. The fourth-order valence-electron chi connectivity index (χ4n) is 3.60. The van der Waals surface area contributed by atoms with Crippen molar-refractivity contribution in [2.75, 3.05) is 37.4 Å². The molecule has 2 fully saturated rings. The topological polar surface area (TPSA) is 58.8 Å². The van der Waals surface area contributed by atoms with Crippen LogP contribution in [0.2, 0.25) is 0 Å². The molecule has 0 spiro atoms. The van der Waals surface area contributed by atoms with E-state index in [0.717, 1.165) is 18.8 Å². The highest BCUT2D eigenvalue weighted by Gasteiger charge is 2.35. The first-order valence-corrected chi connectivity index (χ1v) is 7.58. The Bertz CT molecular complexity index is 546. The van der Waals surface area contributed by atoms with E-state index in [1.54, 1.807) is 6.07 Å². The second kappa shape index (κ2) is 5.56. The summed E-state index contributed by atoms with van der Waals surface area (Å²) in [5.41, 5.74) is 7.93. The molecule has 1 aromatic carbocycles. The minimum Gasteiger partial charge on any atom is -0.465 e. The highest BCUT2D eigenvalue weighted by atomic mass is 16.5. The third kappa shape index (κ3) is 2.58. The molecule has 21 heavy (non-hydrogen) atoms. The van der Waals surface area contributed by atoms with Crippen LogP contribution in [0.25, 0.3) is 0 Å². The van der Waals surface area contributed by atoms with E-state index in [2.05, 4.69) is 16.7 Å². The summed E-state index contributed by atoms with van der Waals surface area (Å²) in [6, 6.07) is 6.50. The van der Waals surface area contributed by atoms with E-state index in [1.807, 2.05) is 12.1 Å². The van der Waals surface area contributed by atoms with Crippen LogP contribution in [-0.4, -0.2) is 49.7 Å². The number of ether oxygens (including phenoxy) is 1. The van der Waals surface area contributed by atoms with Gasteiger partial charge in [0.1, 0.15) is 0 Å². The number of hydrogen-bond acceptors (Lipinski definition) is 5. The molecule has 3 rings (SSSR count). The summed E-state index contributed by atoms with van der Waals surface area (Å²) >= 11 is 0. The smallest absolute Gasteiger partial charge is 0.340 e. The van der Waals surface area contributed by atoms with E-state index >= 15 is 0 Å². The molecular formula is C16H23N3O2. The molecule has 2 N–H and O–H groups in total. The van der Waals surface area contributed by atoms with Crippen LogP contribution in [0.1, 0.15) is 30.1 Å². The van der Waals surface area contributed by atoms with Crippen molar-refractivity contribution in [3.8, 4) is 0 Å². The molecule has 0 aromatic heterocycles. The average molecular weight is 289 g/mol. The van der Waals surface area contributed by atoms with Gasteiger partial charge in [0.2, 0.25) is 0 Å². The lowest BCUT2D eigenvalue weighted by atomic mass is 10.0. The first-order chi connectivity index (χ1) is 10.1. The monoisotopic (exact) mass is 289 g/mol. The summed E-state index contributed by atoms with van der Waals surface area (Å²) in [5.74, 6) is -0.321. The van der Waals surface area contributed by atoms with E-state index in [1.165, 1.54) is 26.5 Å².